The molecule has 16 heavy (non-hydrogen) atoms. The van der Waals surface area contributed by atoms with Crippen molar-refractivity contribution in [3.8, 4) is 0 Å². The van der Waals surface area contributed by atoms with Crippen LogP contribution in [-0.4, -0.2) is 24.5 Å². The summed E-state index contributed by atoms with van der Waals surface area (Å²) in [6.45, 7) is 13.6. The zero-order valence-corrected chi connectivity index (χ0v) is 11.3. The minimum atomic E-state index is 1.05. The first-order valence-corrected chi connectivity index (χ1v) is 6.50. The lowest BCUT2D eigenvalue weighted by Gasteiger charge is -2.19. The van der Waals surface area contributed by atoms with Gasteiger partial charge < -0.3 is 0 Å². The fourth-order valence-electron chi connectivity index (χ4n) is 1.63. The molecule has 0 N–H and O–H groups in total. The van der Waals surface area contributed by atoms with Crippen molar-refractivity contribution in [1.82, 2.24) is 4.90 Å². The van der Waals surface area contributed by atoms with E-state index in [-0.39, 0.29) is 0 Å². The fraction of sp³-hybridized carbons (Fsp3) is 0.667. The predicted molar refractivity (Wildman–Crippen MR) is 73.7 cm³/mol. The lowest BCUT2D eigenvalue weighted by molar-refractivity contribution is 0.295. The van der Waals surface area contributed by atoms with Crippen molar-refractivity contribution in [2.75, 3.05) is 19.6 Å². The van der Waals surface area contributed by atoms with Crippen LogP contribution in [0.4, 0.5) is 0 Å². The van der Waals surface area contributed by atoms with Crippen LogP contribution in [-0.2, 0) is 0 Å². The van der Waals surface area contributed by atoms with Gasteiger partial charge in [-0.2, -0.15) is 0 Å². The molecule has 0 aromatic rings. The Morgan fingerprint density at radius 2 is 1.94 bits per heavy atom. The van der Waals surface area contributed by atoms with Crippen LogP contribution in [0.5, 0.6) is 0 Å². The van der Waals surface area contributed by atoms with E-state index in [1.807, 2.05) is 6.92 Å². The molecule has 0 aliphatic carbocycles. The summed E-state index contributed by atoms with van der Waals surface area (Å²) in [4.78, 5) is 2.52. The Balaban J connectivity index is 3.92. The van der Waals surface area contributed by atoms with Gasteiger partial charge in [-0.25, -0.2) is 0 Å². The van der Waals surface area contributed by atoms with Crippen molar-refractivity contribution in [3.05, 3.63) is 30.0 Å². The van der Waals surface area contributed by atoms with E-state index in [1.165, 1.54) is 38.8 Å². The van der Waals surface area contributed by atoms with Gasteiger partial charge in [-0.3, -0.25) is 4.90 Å². The number of unbranched alkanes of at least 4 members (excludes halogenated alkanes) is 2. The van der Waals surface area contributed by atoms with Crippen molar-refractivity contribution in [1.29, 1.82) is 0 Å². The second-order valence-corrected chi connectivity index (χ2v) is 4.27. The molecule has 0 radical (unpaired) electrons. The minimum Gasteiger partial charge on any atom is -0.300 e. The second-order valence-electron chi connectivity index (χ2n) is 4.27. The highest BCUT2D eigenvalue weighted by molar-refractivity contribution is 5.14. The van der Waals surface area contributed by atoms with Gasteiger partial charge in [0.2, 0.25) is 0 Å². The average molecular weight is 221 g/mol. The van der Waals surface area contributed by atoms with Gasteiger partial charge in [-0.05, 0) is 38.4 Å². The van der Waals surface area contributed by atoms with Gasteiger partial charge in [0, 0.05) is 6.54 Å². The molecule has 0 aromatic heterocycles. The molecule has 0 aromatic carbocycles. The van der Waals surface area contributed by atoms with Crippen molar-refractivity contribution >= 4 is 0 Å². The summed E-state index contributed by atoms with van der Waals surface area (Å²) < 4.78 is 0. The zero-order chi connectivity index (χ0) is 12.2. The van der Waals surface area contributed by atoms with E-state index >= 15 is 0 Å². The van der Waals surface area contributed by atoms with Crippen molar-refractivity contribution in [2.45, 2.75) is 46.5 Å². The number of hydrogen-bond acceptors (Lipinski definition) is 1. The zero-order valence-electron chi connectivity index (χ0n) is 11.3. The number of rotatable bonds is 9. The van der Waals surface area contributed by atoms with E-state index < -0.39 is 0 Å². The summed E-state index contributed by atoms with van der Waals surface area (Å²) in [6.07, 6.45) is 9.52. The lowest BCUT2D eigenvalue weighted by Crippen LogP contribution is -2.25. The highest BCUT2D eigenvalue weighted by atomic mass is 15.1. The van der Waals surface area contributed by atoms with Gasteiger partial charge >= 0.3 is 0 Å². The van der Waals surface area contributed by atoms with Crippen LogP contribution in [0.3, 0.4) is 0 Å². The summed E-state index contributed by atoms with van der Waals surface area (Å²) >= 11 is 0. The van der Waals surface area contributed by atoms with E-state index in [4.69, 9.17) is 0 Å². The molecule has 0 aliphatic heterocycles. The third-order valence-electron chi connectivity index (χ3n) is 2.63. The summed E-state index contributed by atoms with van der Waals surface area (Å²) in [5.74, 6) is 0. The van der Waals surface area contributed by atoms with E-state index in [0.29, 0.717) is 0 Å². The van der Waals surface area contributed by atoms with Gasteiger partial charge in [0.1, 0.15) is 0 Å². The molecule has 0 bridgehead atoms. The van der Waals surface area contributed by atoms with Crippen LogP contribution >= 0.6 is 0 Å². The predicted octanol–water partition coefficient (Wildman–Crippen LogP) is 4.18. The Kier molecular flexibility index (Phi) is 10.2. The van der Waals surface area contributed by atoms with Crippen molar-refractivity contribution in [3.63, 3.8) is 0 Å². The maximum atomic E-state index is 3.63. The molecule has 0 heterocycles. The molecular formula is C15H27N. The molecule has 0 spiro atoms. The molecule has 0 unspecified atom stereocenters. The van der Waals surface area contributed by atoms with Gasteiger partial charge in [0.05, 0.1) is 0 Å². The fourth-order valence-corrected chi connectivity index (χ4v) is 1.63. The largest absolute Gasteiger partial charge is 0.300 e. The maximum Gasteiger partial charge on any atom is 0.0166 e. The van der Waals surface area contributed by atoms with Gasteiger partial charge in [0.25, 0.3) is 0 Å². The Hall–Kier alpha value is -0.780. The SMILES string of the molecule is C=C=C(C)/C=C/CN(CCC)CCCCC. The molecule has 0 atom stereocenters. The van der Waals surface area contributed by atoms with Crippen LogP contribution in [0.25, 0.3) is 0 Å². The van der Waals surface area contributed by atoms with Crippen LogP contribution in [0.15, 0.2) is 30.0 Å². The summed E-state index contributed by atoms with van der Waals surface area (Å²) in [7, 11) is 0. The Morgan fingerprint density at radius 1 is 1.19 bits per heavy atom. The van der Waals surface area contributed by atoms with Crippen LogP contribution in [0.2, 0.25) is 0 Å². The first-order chi connectivity index (χ1) is 7.74. The molecule has 0 aliphatic rings. The van der Waals surface area contributed by atoms with Gasteiger partial charge in [-0.1, -0.05) is 45.4 Å². The first kappa shape index (κ1) is 15.2. The van der Waals surface area contributed by atoms with E-state index in [2.05, 4.69) is 43.2 Å². The molecule has 0 saturated heterocycles. The third-order valence-corrected chi connectivity index (χ3v) is 2.63. The van der Waals surface area contributed by atoms with Gasteiger partial charge in [-0.15, -0.1) is 5.73 Å². The summed E-state index contributed by atoms with van der Waals surface area (Å²) in [5, 5.41) is 0. The molecule has 0 amide bonds. The molecule has 0 rings (SSSR count). The van der Waals surface area contributed by atoms with Crippen molar-refractivity contribution < 1.29 is 0 Å². The van der Waals surface area contributed by atoms with E-state index in [0.717, 1.165) is 12.1 Å². The Morgan fingerprint density at radius 3 is 2.50 bits per heavy atom. The van der Waals surface area contributed by atoms with Gasteiger partial charge in [0.15, 0.2) is 0 Å². The number of allylic oxidation sites excluding steroid dienone is 2. The number of nitrogens with zero attached hydrogens (tertiary/aromatic N) is 1. The molecule has 0 saturated carbocycles. The van der Waals surface area contributed by atoms with E-state index in [9.17, 15) is 0 Å². The number of hydrogen-bond donors (Lipinski definition) is 0. The highest BCUT2D eigenvalue weighted by Crippen LogP contribution is 2.00. The van der Waals surface area contributed by atoms with Crippen LogP contribution in [0.1, 0.15) is 46.5 Å². The first-order valence-electron chi connectivity index (χ1n) is 6.50. The smallest absolute Gasteiger partial charge is 0.0166 e. The lowest BCUT2D eigenvalue weighted by atomic mass is 10.2. The third kappa shape index (κ3) is 8.52. The monoisotopic (exact) mass is 221 g/mol. The molecule has 1 heteroatoms. The molecule has 0 fully saturated rings. The average Bonchev–Trinajstić information content (AvgIpc) is 2.29. The summed E-state index contributed by atoms with van der Waals surface area (Å²) in [6, 6.07) is 0. The highest BCUT2D eigenvalue weighted by Gasteiger charge is 2.00. The van der Waals surface area contributed by atoms with Crippen molar-refractivity contribution in [2.24, 2.45) is 0 Å². The molecular weight excluding hydrogens is 194 g/mol. The molecule has 92 valence electrons. The quantitative estimate of drug-likeness (QED) is 0.321. The Bertz CT molecular complexity index is 234. The topological polar surface area (TPSA) is 3.24 Å². The summed E-state index contributed by atoms with van der Waals surface area (Å²) in [5.41, 5.74) is 4.00. The van der Waals surface area contributed by atoms with E-state index in [1.54, 1.807) is 0 Å². The normalized spacial score (nSPS) is 11.0. The second kappa shape index (κ2) is 10.7. The Labute approximate surface area is 102 Å². The van der Waals surface area contributed by atoms with Crippen LogP contribution in [0, 0.1) is 0 Å². The minimum absolute atomic E-state index is 1.05. The molecule has 1 nitrogen and oxygen atoms in total. The van der Waals surface area contributed by atoms with Crippen LogP contribution < -0.4 is 0 Å². The standard InChI is InChI=1S/C15H27N/c1-5-8-9-13-16(12-6-2)14-10-11-15(4)7-3/h10-11H,3,5-6,8-9,12-14H2,1-2,4H3/b11-10+. The maximum absolute atomic E-state index is 3.63.